The van der Waals surface area contributed by atoms with Crippen molar-refractivity contribution in [3.8, 4) is 11.1 Å². The molecule has 1 aliphatic heterocycles. The number of hydrogen-bond donors (Lipinski definition) is 0. The van der Waals surface area contributed by atoms with Crippen LogP contribution in [-0.4, -0.2) is 21.4 Å². The Morgan fingerprint density at radius 1 is 1.14 bits per heavy atom. The fourth-order valence-corrected chi connectivity index (χ4v) is 2.66. The summed E-state index contributed by atoms with van der Waals surface area (Å²) in [5.74, 6) is -0.213. The van der Waals surface area contributed by atoms with Crippen molar-refractivity contribution in [2.75, 3.05) is 6.61 Å². The van der Waals surface area contributed by atoms with Crippen molar-refractivity contribution < 1.29 is 9.13 Å². The SMILES string of the molecule is Fc1ccccc1-c1ccc(C2(Cn3cncn3)CO2)cc1. The smallest absolute Gasteiger partial charge is 0.137 e. The van der Waals surface area contributed by atoms with Gasteiger partial charge in [-0.3, -0.25) is 0 Å². The number of epoxide rings is 1. The van der Waals surface area contributed by atoms with E-state index in [4.69, 9.17) is 4.74 Å². The van der Waals surface area contributed by atoms with Crippen LogP contribution in [0.15, 0.2) is 61.2 Å². The van der Waals surface area contributed by atoms with Gasteiger partial charge in [0.25, 0.3) is 0 Å². The van der Waals surface area contributed by atoms with Gasteiger partial charge < -0.3 is 4.74 Å². The first-order valence-corrected chi connectivity index (χ1v) is 7.09. The summed E-state index contributed by atoms with van der Waals surface area (Å²) in [4.78, 5) is 3.95. The molecule has 3 aromatic rings. The van der Waals surface area contributed by atoms with Gasteiger partial charge >= 0.3 is 0 Å². The Morgan fingerprint density at radius 3 is 2.55 bits per heavy atom. The van der Waals surface area contributed by atoms with Gasteiger partial charge in [-0.25, -0.2) is 14.1 Å². The van der Waals surface area contributed by atoms with Gasteiger partial charge in [0.2, 0.25) is 0 Å². The number of aromatic nitrogens is 3. The second kappa shape index (κ2) is 5.03. The quantitative estimate of drug-likeness (QED) is 0.695. The molecule has 4 rings (SSSR count). The maximum atomic E-state index is 13.8. The van der Waals surface area contributed by atoms with Gasteiger partial charge in [0.1, 0.15) is 24.1 Å². The molecule has 0 radical (unpaired) electrons. The normalized spacial score (nSPS) is 20.0. The molecule has 110 valence electrons. The predicted molar refractivity (Wildman–Crippen MR) is 79.5 cm³/mol. The lowest BCUT2D eigenvalue weighted by Crippen LogP contribution is -2.18. The number of halogens is 1. The van der Waals surface area contributed by atoms with E-state index in [2.05, 4.69) is 10.1 Å². The molecule has 5 heteroatoms. The molecular formula is C17H14FN3O. The number of hydrogen-bond acceptors (Lipinski definition) is 3. The summed E-state index contributed by atoms with van der Waals surface area (Å²) in [5.41, 5.74) is 2.21. The van der Waals surface area contributed by atoms with Crippen LogP contribution in [0.2, 0.25) is 0 Å². The topological polar surface area (TPSA) is 43.2 Å². The molecule has 0 N–H and O–H groups in total. The number of ether oxygens (including phenoxy) is 1. The van der Waals surface area contributed by atoms with Gasteiger partial charge in [-0.2, -0.15) is 5.10 Å². The predicted octanol–water partition coefficient (Wildman–Crippen LogP) is 3.01. The summed E-state index contributed by atoms with van der Waals surface area (Å²) in [7, 11) is 0. The Hall–Kier alpha value is -2.53. The summed E-state index contributed by atoms with van der Waals surface area (Å²) in [6, 6.07) is 14.6. The van der Waals surface area contributed by atoms with Gasteiger partial charge in [-0.1, -0.05) is 42.5 Å². The molecule has 22 heavy (non-hydrogen) atoms. The molecule has 2 heterocycles. The van der Waals surface area contributed by atoms with Gasteiger partial charge in [0.05, 0.1) is 13.2 Å². The van der Waals surface area contributed by atoms with E-state index in [9.17, 15) is 4.39 Å². The van der Waals surface area contributed by atoms with E-state index >= 15 is 0 Å². The molecule has 1 fully saturated rings. The summed E-state index contributed by atoms with van der Waals surface area (Å²) in [5, 5.41) is 4.12. The van der Waals surface area contributed by atoms with Gasteiger partial charge in [0.15, 0.2) is 0 Å². The Labute approximate surface area is 127 Å². The summed E-state index contributed by atoms with van der Waals surface area (Å²) >= 11 is 0. The van der Waals surface area contributed by atoms with Crippen molar-refractivity contribution in [3.63, 3.8) is 0 Å². The van der Waals surface area contributed by atoms with Gasteiger partial charge in [-0.05, 0) is 17.2 Å². The van der Waals surface area contributed by atoms with E-state index in [0.29, 0.717) is 18.7 Å². The lowest BCUT2D eigenvalue weighted by atomic mass is 9.96. The van der Waals surface area contributed by atoms with Gasteiger partial charge in [-0.15, -0.1) is 0 Å². The lowest BCUT2D eigenvalue weighted by molar-refractivity contribution is 0.269. The first-order chi connectivity index (χ1) is 10.8. The lowest BCUT2D eigenvalue weighted by Gasteiger charge is -2.13. The first kappa shape index (κ1) is 13.2. The molecule has 0 spiro atoms. The number of rotatable bonds is 4. The Kier molecular flexibility index (Phi) is 3.01. The van der Waals surface area contributed by atoms with Crippen molar-refractivity contribution in [3.05, 3.63) is 72.6 Å². The molecule has 0 saturated carbocycles. The van der Waals surface area contributed by atoms with E-state index in [-0.39, 0.29) is 11.4 Å². The molecule has 1 aliphatic rings. The number of benzene rings is 2. The van der Waals surface area contributed by atoms with Crippen LogP contribution in [0, 0.1) is 5.82 Å². The third kappa shape index (κ3) is 2.29. The minimum Gasteiger partial charge on any atom is -0.362 e. The molecule has 1 aromatic heterocycles. The minimum absolute atomic E-state index is 0.213. The molecule has 1 unspecified atom stereocenters. The van der Waals surface area contributed by atoms with Crippen molar-refractivity contribution in [1.82, 2.24) is 14.8 Å². The summed E-state index contributed by atoms with van der Waals surface area (Å²) < 4.78 is 21.3. The fourth-order valence-electron chi connectivity index (χ4n) is 2.66. The molecular weight excluding hydrogens is 281 g/mol. The van der Waals surface area contributed by atoms with E-state index in [1.165, 1.54) is 12.4 Å². The van der Waals surface area contributed by atoms with Crippen LogP contribution in [-0.2, 0) is 16.9 Å². The van der Waals surface area contributed by atoms with Crippen LogP contribution in [0.1, 0.15) is 5.56 Å². The highest BCUT2D eigenvalue weighted by Crippen LogP contribution is 2.40. The molecule has 4 nitrogen and oxygen atoms in total. The zero-order valence-corrected chi connectivity index (χ0v) is 11.8. The highest BCUT2D eigenvalue weighted by atomic mass is 19.1. The third-order valence-electron chi connectivity index (χ3n) is 3.97. The second-order valence-corrected chi connectivity index (χ2v) is 5.43. The molecule has 0 amide bonds. The van der Waals surface area contributed by atoms with Crippen LogP contribution in [0.5, 0.6) is 0 Å². The number of nitrogens with zero attached hydrogens (tertiary/aromatic N) is 3. The van der Waals surface area contributed by atoms with Crippen LogP contribution < -0.4 is 0 Å². The molecule has 1 atom stereocenters. The van der Waals surface area contributed by atoms with E-state index in [1.54, 1.807) is 23.1 Å². The van der Waals surface area contributed by atoms with Crippen molar-refractivity contribution in [2.24, 2.45) is 0 Å². The Morgan fingerprint density at radius 2 is 1.91 bits per heavy atom. The molecule has 0 aliphatic carbocycles. The van der Waals surface area contributed by atoms with E-state index < -0.39 is 0 Å². The second-order valence-electron chi connectivity index (χ2n) is 5.43. The average Bonchev–Trinajstić information content (AvgIpc) is 3.14. The zero-order chi connectivity index (χ0) is 15.0. The highest BCUT2D eigenvalue weighted by molar-refractivity contribution is 5.64. The van der Waals surface area contributed by atoms with E-state index in [1.807, 2.05) is 30.3 Å². The van der Waals surface area contributed by atoms with Gasteiger partial charge in [0, 0.05) is 5.56 Å². The molecule has 0 bridgehead atoms. The zero-order valence-electron chi connectivity index (χ0n) is 11.8. The maximum Gasteiger partial charge on any atom is 0.137 e. The van der Waals surface area contributed by atoms with Crippen molar-refractivity contribution in [2.45, 2.75) is 12.1 Å². The van der Waals surface area contributed by atoms with Crippen LogP contribution >= 0.6 is 0 Å². The Balaban J connectivity index is 1.61. The fraction of sp³-hybridized carbons (Fsp3) is 0.176. The van der Waals surface area contributed by atoms with Crippen LogP contribution in [0.4, 0.5) is 4.39 Å². The monoisotopic (exact) mass is 295 g/mol. The standard InChI is InChI=1S/C17H14FN3O/c18-16-4-2-1-3-15(16)13-5-7-14(8-6-13)17(10-22-17)9-21-12-19-11-20-21/h1-8,11-12H,9-10H2. The van der Waals surface area contributed by atoms with Crippen molar-refractivity contribution >= 4 is 0 Å². The highest BCUT2D eigenvalue weighted by Gasteiger charge is 2.47. The summed E-state index contributed by atoms with van der Waals surface area (Å²) in [6.45, 7) is 1.29. The van der Waals surface area contributed by atoms with Crippen LogP contribution in [0.3, 0.4) is 0 Å². The van der Waals surface area contributed by atoms with Crippen LogP contribution in [0.25, 0.3) is 11.1 Å². The Bertz CT molecular complexity index is 780. The minimum atomic E-state index is -0.332. The van der Waals surface area contributed by atoms with Crippen molar-refractivity contribution in [1.29, 1.82) is 0 Å². The average molecular weight is 295 g/mol. The summed E-state index contributed by atoms with van der Waals surface area (Å²) in [6.07, 6.45) is 3.19. The molecule has 2 aromatic carbocycles. The molecule has 1 saturated heterocycles. The largest absolute Gasteiger partial charge is 0.362 e. The first-order valence-electron chi connectivity index (χ1n) is 7.09. The van der Waals surface area contributed by atoms with E-state index in [0.717, 1.165) is 11.1 Å². The maximum absolute atomic E-state index is 13.8. The third-order valence-corrected chi connectivity index (χ3v) is 3.97.